The van der Waals surface area contributed by atoms with Gasteiger partial charge in [0, 0.05) is 22.2 Å². The molecule has 1 aromatic carbocycles. The van der Waals surface area contributed by atoms with Crippen LogP contribution in [0.15, 0.2) is 18.2 Å². The van der Waals surface area contributed by atoms with Crippen molar-refractivity contribution in [2.45, 2.75) is 13.3 Å². The lowest BCUT2D eigenvalue weighted by Gasteiger charge is -2.18. The molecule has 1 atom stereocenters. The molecule has 2 rings (SSSR count). The van der Waals surface area contributed by atoms with Gasteiger partial charge in [-0.25, -0.2) is 0 Å². The second kappa shape index (κ2) is 5.35. The summed E-state index contributed by atoms with van der Waals surface area (Å²) in [6.45, 7) is 4.33. The van der Waals surface area contributed by atoms with Crippen LogP contribution in [-0.4, -0.2) is 30.4 Å². The van der Waals surface area contributed by atoms with E-state index in [0.717, 1.165) is 34.2 Å². The maximum Gasteiger partial charge on any atom is 0.254 e. The van der Waals surface area contributed by atoms with Gasteiger partial charge in [0.2, 0.25) is 0 Å². The molecule has 92 valence electrons. The SMILES string of the molecule is Cc1c(I)cccc1C(=O)N1CCC(CN)C1. The normalized spacial score (nSPS) is 19.7. The molecule has 1 fully saturated rings. The number of carbonyl (C=O) groups is 1. The second-order valence-electron chi connectivity index (χ2n) is 4.55. The summed E-state index contributed by atoms with van der Waals surface area (Å²) < 4.78 is 1.14. The van der Waals surface area contributed by atoms with Crippen LogP contribution in [0.25, 0.3) is 0 Å². The summed E-state index contributed by atoms with van der Waals surface area (Å²) in [4.78, 5) is 14.3. The van der Waals surface area contributed by atoms with Crippen molar-refractivity contribution >= 4 is 28.5 Å². The van der Waals surface area contributed by atoms with Gasteiger partial charge in [-0.2, -0.15) is 0 Å². The predicted molar refractivity (Wildman–Crippen MR) is 77.0 cm³/mol. The van der Waals surface area contributed by atoms with E-state index in [1.54, 1.807) is 0 Å². The first-order chi connectivity index (χ1) is 8.13. The van der Waals surface area contributed by atoms with Crippen molar-refractivity contribution in [1.82, 2.24) is 4.90 Å². The van der Waals surface area contributed by atoms with Crippen LogP contribution in [-0.2, 0) is 0 Å². The van der Waals surface area contributed by atoms with Gasteiger partial charge >= 0.3 is 0 Å². The van der Waals surface area contributed by atoms with Crippen molar-refractivity contribution in [1.29, 1.82) is 0 Å². The molecular weight excluding hydrogens is 327 g/mol. The summed E-state index contributed by atoms with van der Waals surface area (Å²) in [6, 6.07) is 5.88. The van der Waals surface area contributed by atoms with Crippen LogP contribution >= 0.6 is 22.6 Å². The molecule has 1 unspecified atom stereocenters. The first kappa shape index (κ1) is 12.8. The number of likely N-dealkylation sites (tertiary alicyclic amines) is 1. The third kappa shape index (κ3) is 2.63. The summed E-state index contributed by atoms with van der Waals surface area (Å²) in [6.07, 6.45) is 1.03. The highest BCUT2D eigenvalue weighted by Gasteiger charge is 2.26. The maximum atomic E-state index is 12.4. The van der Waals surface area contributed by atoms with Crippen molar-refractivity contribution in [2.75, 3.05) is 19.6 Å². The van der Waals surface area contributed by atoms with Crippen LogP contribution < -0.4 is 5.73 Å². The molecule has 1 aromatic rings. The fourth-order valence-electron chi connectivity index (χ4n) is 2.22. The van der Waals surface area contributed by atoms with E-state index < -0.39 is 0 Å². The molecule has 1 saturated heterocycles. The van der Waals surface area contributed by atoms with Crippen LogP contribution in [0.4, 0.5) is 0 Å². The van der Waals surface area contributed by atoms with Gasteiger partial charge in [0.25, 0.3) is 5.91 Å². The first-order valence-corrected chi connectivity index (χ1v) is 6.95. The van der Waals surface area contributed by atoms with Crippen LogP contribution in [0.3, 0.4) is 0 Å². The molecule has 0 spiro atoms. The Hall–Kier alpha value is -0.620. The average Bonchev–Trinajstić information content (AvgIpc) is 2.80. The summed E-state index contributed by atoms with van der Waals surface area (Å²) >= 11 is 2.27. The lowest BCUT2D eigenvalue weighted by Crippen LogP contribution is -2.30. The van der Waals surface area contributed by atoms with Gasteiger partial charge in [-0.15, -0.1) is 0 Å². The number of halogens is 1. The van der Waals surface area contributed by atoms with E-state index in [4.69, 9.17) is 5.73 Å². The Kier molecular flexibility index (Phi) is 4.04. The fraction of sp³-hybridized carbons (Fsp3) is 0.462. The quantitative estimate of drug-likeness (QED) is 0.835. The van der Waals surface area contributed by atoms with Crippen molar-refractivity contribution in [3.63, 3.8) is 0 Å². The van der Waals surface area contributed by atoms with Crippen molar-refractivity contribution in [2.24, 2.45) is 11.7 Å². The molecule has 0 bridgehead atoms. The van der Waals surface area contributed by atoms with E-state index >= 15 is 0 Å². The minimum Gasteiger partial charge on any atom is -0.338 e. The third-order valence-electron chi connectivity index (χ3n) is 3.40. The molecule has 1 aliphatic rings. The molecule has 1 heterocycles. The van der Waals surface area contributed by atoms with Crippen molar-refractivity contribution in [3.8, 4) is 0 Å². The van der Waals surface area contributed by atoms with Gasteiger partial charge in [0.15, 0.2) is 0 Å². The number of benzene rings is 1. The smallest absolute Gasteiger partial charge is 0.254 e. The number of amides is 1. The van der Waals surface area contributed by atoms with E-state index in [0.29, 0.717) is 12.5 Å². The Morgan fingerprint density at radius 1 is 1.59 bits per heavy atom. The molecule has 4 heteroatoms. The van der Waals surface area contributed by atoms with Crippen molar-refractivity contribution in [3.05, 3.63) is 32.9 Å². The highest BCUT2D eigenvalue weighted by Crippen LogP contribution is 2.21. The summed E-state index contributed by atoms with van der Waals surface area (Å²) in [5, 5.41) is 0. The highest BCUT2D eigenvalue weighted by molar-refractivity contribution is 14.1. The Balaban J connectivity index is 2.18. The topological polar surface area (TPSA) is 46.3 Å². The van der Waals surface area contributed by atoms with E-state index in [1.807, 2.05) is 30.0 Å². The zero-order valence-corrected chi connectivity index (χ0v) is 12.1. The lowest BCUT2D eigenvalue weighted by atomic mass is 10.1. The van der Waals surface area contributed by atoms with Gasteiger partial charge < -0.3 is 10.6 Å². The number of rotatable bonds is 2. The largest absolute Gasteiger partial charge is 0.338 e. The molecule has 17 heavy (non-hydrogen) atoms. The fourth-order valence-corrected chi connectivity index (χ4v) is 2.72. The van der Waals surface area contributed by atoms with E-state index in [9.17, 15) is 4.79 Å². The molecule has 3 nitrogen and oxygen atoms in total. The molecule has 2 N–H and O–H groups in total. The first-order valence-electron chi connectivity index (χ1n) is 5.88. The average molecular weight is 344 g/mol. The molecular formula is C13H17IN2O. The Morgan fingerprint density at radius 3 is 3.00 bits per heavy atom. The zero-order valence-electron chi connectivity index (χ0n) is 9.95. The maximum absolute atomic E-state index is 12.4. The van der Waals surface area contributed by atoms with Crippen molar-refractivity contribution < 1.29 is 4.79 Å². The Morgan fingerprint density at radius 2 is 2.35 bits per heavy atom. The monoisotopic (exact) mass is 344 g/mol. The van der Waals surface area contributed by atoms with Crippen LogP contribution in [0.1, 0.15) is 22.3 Å². The number of carbonyl (C=O) groups excluding carboxylic acids is 1. The van der Waals surface area contributed by atoms with Gasteiger partial charge in [-0.05, 0) is 66.1 Å². The standard InChI is InChI=1S/C13H17IN2O/c1-9-11(3-2-4-12(9)14)13(17)16-6-5-10(7-15)8-16/h2-4,10H,5-8,15H2,1H3. The third-order valence-corrected chi connectivity index (χ3v) is 4.57. The van der Waals surface area contributed by atoms with E-state index in [2.05, 4.69) is 22.6 Å². The number of hydrogen-bond donors (Lipinski definition) is 1. The zero-order chi connectivity index (χ0) is 12.4. The molecule has 0 aromatic heterocycles. The van der Waals surface area contributed by atoms with Gasteiger partial charge in [-0.3, -0.25) is 4.79 Å². The molecule has 1 amide bonds. The predicted octanol–water partition coefficient (Wildman–Crippen LogP) is 2.02. The summed E-state index contributed by atoms with van der Waals surface area (Å²) in [5.41, 5.74) is 7.56. The van der Waals surface area contributed by atoms with Crippen LogP contribution in [0.5, 0.6) is 0 Å². The molecule has 1 aliphatic heterocycles. The lowest BCUT2D eigenvalue weighted by molar-refractivity contribution is 0.0787. The van der Waals surface area contributed by atoms with Gasteiger partial charge in [-0.1, -0.05) is 6.07 Å². The van der Waals surface area contributed by atoms with Crippen LogP contribution in [0.2, 0.25) is 0 Å². The van der Waals surface area contributed by atoms with E-state index in [1.165, 1.54) is 0 Å². The summed E-state index contributed by atoms with van der Waals surface area (Å²) in [7, 11) is 0. The molecule has 0 radical (unpaired) electrons. The molecule has 0 saturated carbocycles. The van der Waals surface area contributed by atoms with Gasteiger partial charge in [0.1, 0.15) is 0 Å². The van der Waals surface area contributed by atoms with Gasteiger partial charge in [0.05, 0.1) is 0 Å². The Bertz CT molecular complexity index is 433. The number of hydrogen-bond acceptors (Lipinski definition) is 2. The van der Waals surface area contributed by atoms with Crippen LogP contribution in [0, 0.1) is 16.4 Å². The second-order valence-corrected chi connectivity index (χ2v) is 5.72. The van der Waals surface area contributed by atoms with E-state index in [-0.39, 0.29) is 5.91 Å². The minimum absolute atomic E-state index is 0.150. The minimum atomic E-state index is 0.150. The summed E-state index contributed by atoms with van der Waals surface area (Å²) in [5.74, 6) is 0.624. The highest BCUT2D eigenvalue weighted by atomic mass is 127. The Labute approximate surface area is 116 Å². The molecule has 0 aliphatic carbocycles. The number of nitrogens with two attached hydrogens (primary N) is 1. The number of nitrogens with zero attached hydrogens (tertiary/aromatic N) is 1.